The summed E-state index contributed by atoms with van der Waals surface area (Å²) in [6.07, 6.45) is 0.718. The number of hydrogen-bond donors (Lipinski definition) is 1. The van der Waals surface area contributed by atoms with Gasteiger partial charge in [-0.3, -0.25) is 14.9 Å². The van der Waals surface area contributed by atoms with Gasteiger partial charge in [0.25, 0.3) is 11.6 Å². The highest BCUT2D eigenvalue weighted by Crippen LogP contribution is 2.29. The van der Waals surface area contributed by atoms with Crippen molar-refractivity contribution in [3.8, 4) is 5.75 Å². The molecule has 2 rings (SSSR count). The number of carbonyl (C=O) groups is 1. The standard InChI is InChI=1S/C17H22N2O5/c1-4-23-14-7-5-6-13(19(21)22)15(14)17(20)18-10-12-8-9-24-16(12)11(2)3/h5-7,12,16H,2,4,8-10H2,1,3H3,(H,18,20). The maximum Gasteiger partial charge on any atom is 0.285 e. The molecule has 2 unspecified atom stereocenters. The third-order valence-electron chi connectivity index (χ3n) is 3.95. The lowest BCUT2D eigenvalue weighted by Crippen LogP contribution is -2.33. The predicted molar refractivity (Wildman–Crippen MR) is 89.3 cm³/mol. The number of amides is 1. The molecule has 0 aromatic heterocycles. The van der Waals surface area contributed by atoms with Crippen molar-refractivity contribution in [2.24, 2.45) is 5.92 Å². The van der Waals surface area contributed by atoms with Crippen LogP contribution in [0.15, 0.2) is 30.4 Å². The van der Waals surface area contributed by atoms with Crippen LogP contribution in [0.4, 0.5) is 5.69 Å². The van der Waals surface area contributed by atoms with Crippen molar-refractivity contribution < 1.29 is 19.2 Å². The number of nitro groups is 1. The van der Waals surface area contributed by atoms with Gasteiger partial charge in [0.2, 0.25) is 0 Å². The van der Waals surface area contributed by atoms with Crippen molar-refractivity contribution >= 4 is 11.6 Å². The lowest BCUT2D eigenvalue weighted by molar-refractivity contribution is -0.385. The lowest BCUT2D eigenvalue weighted by Gasteiger charge is -2.19. The van der Waals surface area contributed by atoms with Gasteiger partial charge in [0.1, 0.15) is 5.75 Å². The summed E-state index contributed by atoms with van der Waals surface area (Å²) in [7, 11) is 0. The average Bonchev–Trinajstić information content (AvgIpc) is 3.01. The van der Waals surface area contributed by atoms with Gasteiger partial charge in [-0.1, -0.05) is 18.2 Å². The van der Waals surface area contributed by atoms with Crippen LogP contribution in [0.2, 0.25) is 0 Å². The topological polar surface area (TPSA) is 90.7 Å². The highest BCUT2D eigenvalue weighted by atomic mass is 16.6. The van der Waals surface area contributed by atoms with E-state index in [-0.39, 0.29) is 29.0 Å². The van der Waals surface area contributed by atoms with E-state index in [1.807, 2.05) is 6.92 Å². The molecule has 1 fully saturated rings. The van der Waals surface area contributed by atoms with Crippen LogP contribution in [0.5, 0.6) is 5.75 Å². The van der Waals surface area contributed by atoms with E-state index < -0.39 is 10.8 Å². The summed E-state index contributed by atoms with van der Waals surface area (Å²) in [5.41, 5.74) is 0.597. The van der Waals surface area contributed by atoms with Gasteiger partial charge in [-0.15, -0.1) is 0 Å². The maximum absolute atomic E-state index is 12.5. The molecule has 0 aliphatic carbocycles. The molecule has 0 saturated carbocycles. The fourth-order valence-electron chi connectivity index (χ4n) is 2.88. The number of hydrogen-bond acceptors (Lipinski definition) is 5. The number of benzene rings is 1. The second-order valence-corrected chi connectivity index (χ2v) is 5.74. The fraction of sp³-hybridized carbons (Fsp3) is 0.471. The largest absolute Gasteiger partial charge is 0.493 e. The third-order valence-corrected chi connectivity index (χ3v) is 3.95. The average molecular weight is 334 g/mol. The van der Waals surface area contributed by atoms with E-state index in [0.29, 0.717) is 19.8 Å². The number of carbonyl (C=O) groups excluding carboxylic acids is 1. The Morgan fingerprint density at radius 2 is 2.29 bits per heavy atom. The van der Waals surface area contributed by atoms with Crippen LogP contribution in [-0.2, 0) is 4.74 Å². The monoisotopic (exact) mass is 334 g/mol. The summed E-state index contributed by atoms with van der Waals surface area (Å²) in [5, 5.41) is 14.0. The van der Waals surface area contributed by atoms with Gasteiger partial charge in [-0.2, -0.15) is 0 Å². The van der Waals surface area contributed by atoms with Crippen LogP contribution in [0.25, 0.3) is 0 Å². The van der Waals surface area contributed by atoms with E-state index in [9.17, 15) is 14.9 Å². The van der Waals surface area contributed by atoms with Gasteiger partial charge < -0.3 is 14.8 Å². The first-order valence-electron chi connectivity index (χ1n) is 7.91. The van der Waals surface area contributed by atoms with Crippen molar-refractivity contribution in [1.29, 1.82) is 0 Å². The Bertz CT molecular complexity index is 644. The molecule has 1 amide bonds. The van der Waals surface area contributed by atoms with Gasteiger partial charge >= 0.3 is 0 Å². The number of nitrogens with zero attached hydrogens (tertiary/aromatic N) is 1. The van der Waals surface area contributed by atoms with Crippen LogP contribution in [0.3, 0.4) is 0 Å². The highest BCUT2D eigenvalue weighted by molar-refractivity contribution is 6.00. The predicted octanol–water partition coefficient (Wildman–Crippen LogP) is 2.70. The van der Waals surface area contributed by atoms with Crippen LogP contribution >= 0.6 is 0 Å². The number of nitro benzene ring substituents is 1. The van der Waals surface area contributed by atoms with E-state index in [4.69, 9.17) is 9.47 Å². The Morgan fingerprint density at radius 1 is 1.54 bits per heavy atom. The molecule has 1 aliphatic heterocycles. The first kappa shape index (κ1) is 17.9. The lowest BCUT2D eigenvalue weighted by atomic mass is 9.97. The minimum Gasteiger partial charge on any atom is -0.493 e. The van der Waals surface area contributed by atoms with Crippen LogP contribution in [-0.4, -0.2) is 36.7 Å². The molecule has 1 aromatic carbocycles. The van der Waals surface area contributed by atoms with Crippen LogP contribution in [0.1, 0.15) is 30.6 Å². The molecule has 2 atom stereocenters. The molecule has 130 valence electrons. The number of ether oxygens (including phenoxy) is 2. The van der Waals surface area contributed by atoms with E-state index >= 15 is 0 Å². The van der Waals surface area contributed by atoms with Gasteiger partial charge in [0.05, 0.1) is 17.6 Å². The molecule has 0 bridgehead atoms. The zero-order valence-electron chi connectivity index (χ0n) is 13.9. The van der Waals surface area contributed by atoms with E-state index in [1.54, 1.807) is 13.0 Å². The number of nitrogens with one attached hydrogen (secondary N) is 1. The van der Waals surface area contributed by atoms with Gasteiger partial charge in [0.15, 0.2) is 5.56 Å². The quantitative estimate of drug-likeness (QED) is 0.470. The minimum atomic E-state index is -0.577. The van der Waals surface area contributed by atoms with Crippen molar-refractivity contribution in [3.63, 3.8) is 0 Å². The fourth-order valence-corrected chi connectivity index (χ4v) is 2.88. The molecule has 1 aromatic rings. The molecule has 0 spiro atoms. The van der Waals surface area contributed by atoms with Crippen LogP contribution in [0, 0.1) is 16.0 Å². The van der Waals surface area contributed by atoms with E-state index in [0.717, 1.165) is 12.0 Å². The molecular formula is C17H22N2O5. The smallest absolute Gasteiger partial charge is 0.285 e. The maximum atomic E-state index is 12.5. The molecule has 7 heteroatoms. The summed E-state index contributed by atoms with van der Waals surface area (Å²) in [6.45, 7) is 8.85. The van der Waals surface area contributed by atoms with Crippen molar-refractivity contribution in [1.82, 2.24) is 5.32 Å². The number of rotatable bonds is 7. The van der Waals surface area contributed by atoms with Gasteiger partial charge in [0, 0.05) is 25.1 Å². The first-order valence-corrected chi connectivity index (χ1v) is 7.91. The normalized spacial score (nSPS) is 19.8. The molecule has 24 heavy (non-hydrogen) atoms. The summed E-state index contributed by atoms with van der Waals surface area (Å²) in [4.78, 5) is 23.2. The molecule has 1 N–H and O–H groups in total. The SMILES string of the molecule is C=C(C)C1OCCC1CNC(=O)c1c(OCC)cccc1[N+](=O)[O-]. The Hall–Kier alpha value is -2.41. The molecule has 7 nitrogen and oxygen atoms in total. The van der Waals surface area contributed by atoms with Gasteiger partial charge in [-0.25, -0.2) is 0 Å². The van der Waals surface area contributed by atoms with Crippen LogP contribution < -0.4 is 10.1 Å². The molecule has 1 heterocycles. The van der Waals surface area contributed by atoms with Crippen molar-refractivity contribution in [3.05, 3.63) is 46.0 Å². The Labute approximate surface area is 140 Å². The molecule has 0 radical (unpaired) electrons. The minimum absolute atomic E-state index is 0.0462. The van der Waals surface area contributed by atoms with Gasteiger partial charge in [-0.05, 0) is 26.3 Å². The molecule has 1 aliphatic rings. The summed E-state index contributed by atoms with van der Waals surface area (Å²) >= 11 is 0. The summed E-state index contributed by atoms with van der Waals surface area (Å²) < 4.78 is 11.0. The van der Waals surface area contributed by atoms with E-state index in [1.165, 1.54) is 12.1 Å². The first-order chi connectivity index (χ1) is 11.5. The van der Waals surface area contributed by atoms with E-state index in [2.05, 4.69) is 11.9 Å². The van der Waals surface area contributed by atoms with Crippen molar-refractivity contribution in [2.45, 2.75) is 26.4 Å². The Morgan fingerprint density at radius 3 is 2.92 bits per heavy atom. The van der Waals surface area contributed by atoms with Crippen molar-refractivity contribution in [2.75, 3.05) is 19.8 Å². The summed E-state index contributed by atoms with van der Waals surface area (Å²) in [5.74, 6) is -0.189. The second kappa shape index (κ2) is 7.92. The zero-order valence-corrected chi connectivity index (χ0v) is 13.9. The Kier molecular flexibility index (Phi) is 5.92. The molecule has 1 saturated heterocycles. The second-order valence-electron chi connectivity index (χ2n) is 5.74. The summed E-state index contributed by atoms with van der Waals surface area (Å²) in [6, 6.07) is 4.36. The zero-order chi connectivity index (χ0) is 17.7. The third kappa shape index (κ3) is 3.91. The molecular weight excluding hydrogens is 312 g/mol. The highest BCUT2D eigenvalue weighted by Gasteiger charge is 2.31. The Balaban J connectivity index is 2.17.